The van der Waals surface area contributed by atoms with Gasteiger partial charge in [0, 0.05) is 24.1 Å². The fraction of sp³-hybridized carbons (Fsp3) is 0.182. The highest BCUT2D eigenvalue weighted by molar-refractivity contribution is 7.17. The zero-order valence-electron chi connectivity index (χ0n) is 8.76. The maximum atomic E-state index is 5.62. The average Bonchev–Trinajstić information content (AvgIpc) is 2.96. The Hall–Kier alpha value is -1.46. The lowest BCUT2D eigenvalue weighted by Crippen LogP contribution is -1.86. The van der Waals surface area contributed by atoms with Gasteiger partial charge < -0.3 is 4.52 Å². The van der Waals surface area contributed by atoms with E-state index in [4.69, 9.17) is 16.1 Å². The van der Waals surface area contributed by atoms with Gasteiger partial charge in [-0.1, -0.05) is 5.16 Å². The first kappa shape index (κ1) is 10.7. The van der Waals surface area contributed by atoms with Crippen molar-refractivity contribution in [3.8, 4) is 11.4 Å². The van der Waals surface area contributed by atoms with Crippen LogP contribution in [0.1, 0.15) is 5.89 Å². The second kappa shape index (κ2) is 4.43. The van der Waals surface area contributed by atoms with Crippen molar-refractivity contribution in [2.45, 2.75) is 6.42 Å². The average molecular weight is 266 g/mol. The third kappa shape index (κ3) is 2.03. The largest absolute Gasteiger partial charge is 0.339 e. The van der Waals surface area contributed by atoms with Crippen LogP contribution in [0.5, 0.6) is 0 Å². The fourth-order valence-electron chi connectivity index (χ4n) is 1.52. The van der Waals surface area contributed by atoms with Crippen molar-refractivity contribution in [2.24, 2.45) is 0 Å². The van der Waals surface area contributed by atoms with Crippen molar-refractivity contribution in [3.63, 3.8) is 0 Å². The molecule has 0 unspecified atom stereocenters. The van der Waals surface area contributed by atoms with Crippen molar-refractivity contribution < 1.29 is 4.52 Å². The van der Waals surface area contributed by atoms with Crippen LogP contribution in [-0.4, -0.2) is 21.0 Å². The number of halogens is 1. The maximum Gasteiger partial charge on any atom is 0.228 e. The third-order valence-corrected chi connectivity index (χ3v) is 3.38. The summed E-state index contributed by atoms with van der Waals surface area (Å²) < 4.78 is 6.20. The molecule has 0 aliphatic heterocycles. The number of pyridine rings is 1. The lowest BCUT2D eigenvalue weighted by molar-refractivity contribution is 0.383. The first-order valence-electron chi connectivity index (χ1n) is 5.09. The molecule has 0 amide bonds. The fourth-order valence-corrected chi connectivity index (χ4v) is 2.46. The summed E-state index contributed by atoms with van der Waals surface area (Å²) in [7, 11) is 0. The van der Waals surface area contributed by atoms with E-state index in [1.807, 2.05) is 17.5 Å². The Morgan fingerprint density at radius 1 is 1.41 bits per heavy atom. The molecule has 3 aromatic rings. The number of aromatic nitrogens is 3. The molecule has 86 valence electrons. The number of fused-ring (bicyclic) bond motifs is 1. The zero-order valence-corrected chi connectivity index (χ0v) is 10.3. The third-order valence-electron chi connectivity index (χ3n) is 2.34. The molecule has 0 aromatic carbocycles. The predicted octanol–water partition coefficient (Wildman–Crippen LogP) is 3.13. The zero-order chi connectivity index (χ0) is 11.7. The van der Waals surface area contributed by atoms with Crippen LogP contribution in [0.25, 0.3) is 21.6 Å². The van der Waals surface area contributed by atoms with Gasteiger partial charge in [0.25, 0.3) is 0 Å². The van der Waals surface area contributed by atoms with Gasteiger partial charge >= 0.3 is 0 Å². The normalized spacial score (nSPS) is 11.1. The predicted molar refractivity (Wildman–Crippen MR) is 67.3 cm³/mol. The van der Waals surface area contributed by atoms with E-state index in [9.17, 15) is 0 Å². The molecule has 0 aliphatic carbocycles. The van der Waals surface area contributed by atoms with Gasteiger partial charge in [0.1, 0.15) is 0 Å². The molecular formula is C11H8ClN3OS. The minimum atomic E-state index is 0.476. The van der Waals surface area contributed by atoms with E-state index in [0.717, 1.165) is 15.8 Å². The number of alkyl halides is 1. The first-order chi connectivity index (χ1) is 8.36. The van der Waals surface area contributed by atoms with E-state index in [0.29, 0.717) is 24.0 Å². The monoisotopic (exact) mass is 265 g/mol. The molecule has 4 nitrogen and oxygen atoms in total. The van der Waals surface area contributed by atoms with Crippen LogP contribution in [0, 0.1) is 0 Å². The summed E-state index contributed by atoms with van der Waals surface area (Å²) in [6.45, 7) is 0. The van der Waals surface area contributed by atoms with Crippen molar-refractivity contribution in [2.75, 3.05) is 5.88 Å². The number of aryl methyl sites for hydroxylation is 1. The summed E-state index contributed by atoms with van der Waals surface area (Å²) in [6.07, 6.45) is 2.34. The smallest absolute Gasteiger partial charge is 0.228 e. The number of nitrogens with zero attached hydrogens (tertiary/aromatic N) is 3. The molecule has 0 aliphatic rings. The number of hydrogen-bond acceptors (Lipinski definition) is 5. The molecule has 3 rings (SSSR count). The van der Waals surface area contributed by atoms with E-state index in [2.05, 4.69) is 15.1 Å². The summed E-state index contributed by atoms with van der Waals surface area (Å²) in [4.78, 5) is 8.60. The van der Waals surface area contributed by atoms with Gasteiger partial charge in [-0.3, -0.25) is 4.98 Å². The van der Waals surface area contributed by atoms with E-state index in [1.54, 1.807) is 17.5 Å². The number of rotatable bonds is 3. The topological polar surface area (TPSA) is 51.8 Å². The van der Waals surface area contributed by atoms with E-state index < -0.39 is 0 Å². The Morgan fingerprint density at radius 2 is 2.35 bits per heavy atom. The molecule has 3 heterocycles. The van der Waals surface area contributed by atoms with Gasteiger partial charge in [-0.15, -0.1) is 22.9 Å². The van der Waals surface area contributed by atoms with Crippen LogP contribution in [-0.2, 0) is 6.42 Å². The van der Waals surface area contributed by atoms with Gasteiger partial charge in [-0.25, -0.2) is 0 Å². The molecule has 17 heavy (non-hydrogen) atoms. The molecule has 0 fully saturated rings. The SMILES string of the molecule is ClCCc1nc(-c2cnc3ccsc3c2)no1. The Labute approximate surface area is 106 Å². The van der Waals surface area contributed by atoms with Crippen LogP contribution < -0.4 is 0 Å². The summed E-state index contributed by atoms with van der Waals surface area (Å²) in [5.74, 6) is 1.60. The van der Waals surface area contributed by atoms with Crippen LogP contribution in [0.15, 0.2) is 28.2 Å². The molecule has 0 spiro atoms. The van der Waals surface area contributed by atoms with Gasteiger partial charge in [0.2, 0.25) is 11.7 Å². The molecule has 0 atom stereocenters. The molecule has 0 N–H and O–H groups in total. The Balaban J connectivity index is 2.00. The van der Waals surface area contributed by atoms with Crippen LogP contribution in [0.3, 0.4) is 0 Å². The summed E-state index contributed by atoms with van der Waals surface area (Å²) >= 11 is 7.26. The lowest BCUT2D eigenvalue weighted by Gasteiger charge is -1.93. The van der Waals surface area contributed by atoms with Gasteiger partial charge in [0.15, 0.2) is 0 Å². The molecule has 0 bridgehead atoms. The van der Waals surface area contributed by atoms with Crippen molar-refractivity contribution in [1.82, 2.24) is 15.1 Å². The van der Waals surface area contributed by atoms with Gasteiger partial charge in [-0.05, 0) is 17.5 Å². The highest BCUT2D eigenvalue weighted by Gasteiger charge is 2.09. The second-order valence-electron chi connectivity index (χ2n) is 3.48. The van der Waals surface area contributed by atoms with Crippen LogP contribution in [0.4, 0.5) is 0 Å². The van der Waals surface area contributed by atoms with Crippen molar-refractivity contribution in [1.29, 1.82) is 0 Å². The number of thiophene rings is 1. The Bertz CT molecular complexity index is 649. The summed E-state index contributed by atoms with van der Waals surface area (Å²) in [5, 5.41) is 5.93. The molecule has 0 saturated heterocycles. The van der Waals surface area contributed by atoms with Crippen molar-refractivity contribution >= 4 is 33.2 Å². The standard InChI is InChI=1S/C11H8ClN3OS/c12-3-1-10-14-11(15-16-10)7-5-9-8(13-6-7)2-4-17-9/h2,4-6H,1,3H2. The quantitative estimate of drug-likeness (QED) is 0.683. The van der Waals surface area contributed by atoms with Crippen LogP contribution in [0.2, 0.25) is 0 Å². The Kier molecular flexibility index (Phi) is 2.78. The molecule has 6 heteroatoms. The van der Waals surface area contributed by atoms with Crippen LogP contribution >= 0.6 is 22.9 Å². The Morgan fingerprint density at radius 3 is 3.24 bits per heavy atom. The molecule has 0 saturated carbocycles. The minimum absolute atomic E-state index is 0.476. The van der Waals surface area contributed by atoms with E-state index in [1.165, 1.54) is 0 Å². The lowest BCUT2D eigenvalue weighted by atomic mass is 10.2. The first-order valence-corrected chi connectivity index (χ1v) is 6.50. The maximum absolute atomic E-state index is 5.62. The minimum Gasteiger partial charge on any atom is -0.339 e. The van der Waals surface area contributed by atoms with E-state index >= 15 is 0 Å². The molecule has 3 aromatic heterocycles. The van der Waals surface area contributed by atoms with Gasteiger partial charge in [0.05, 0.1) is 10.2 Å². The highest BCUT2D eigenvalue weighted by Crippen LogP contribution is 2.24. The van der Waals surface area contributed by atoms with E-state index in [-0.39, 0.29) is 0 Å². The number of hydrogen-bond donors (Lipinski definition) is 0. The second-order valence-corrected chi connectivity index (χ2v) is 4.80. The van der Waals surface area contributed by atoms with Crippen molar-refractivity contribution in [3.05, 3.63) is 29.6 Å². The summed E-state index contributed by atoms with van der Waals surface area (Å²) in [5.41, 5.74) is 1.85. The molecule has 0 radical (unpaired) electrons. The highest BCUT2D eigenvalue weighted by atomic mass is 35.5. The summed E-state index contributed by atoms with van der Waals surface area (Å²) in [6, 6.07) is 4.00. The molecular weight excluding hydrogens is 258 g/mol. The van der Waals surface area contributed by atoms with Gasteiger partial charge in [-0.2, -0.15) is 4.98 Å².